The van der Waals surface area contributed by atoms with Crippen LogP contribution in [0.4, 0.5) is 0 Å². The molecule has 1 saturated carbocycles. The number of amides is 1. The smallest absolute Gasteiger partial charge is 0.328 e. The zero-order valence-corrected chi connectivity index (χ0v) is 12.7. The molecule has 0 aromatic carbocycles. The molecule has 1 N–H and O–H groups in total. The minimum atomic E-state index is -0.981. The fraction of sp³-hybridized carbons (Fsp3) is 0.467. The summed E-state index contributed by atoms with van der Waals surface area (Å²) in [5.74, 6) is -0.325. The van der Waals surface area contributed by atoms with E-state index in [1.165, 1.54) is 24.2 Å². The fourth-order valence-corrected chi connectivity index (χ4v) is 3.23. The number of carboxylic acids is 1. The topological polar surface area (TPSA) is 57.6 Å². The highest BCUT2D eigenvalue weighted by Crippen LogP contribution is 2.35. The zero-order valence-electron chi connectivity index (χ0n) is 11.9. The molecule has 0 spiro atoms. The summed E-state index contributed by atoms with van der Waals surface area (Å²) in [6, 6.07) is 2.10. The Morgan fingerprint density at radius 3 is 2.70 bits per heavy atom. The average molecular weight is 293 g/mol. The van der Waals surface area contributed by atoms with Crippen molar-refractivity contribution in [1.82, 2.24) is 4.90 Å². The molecule has 1 atom stereocenters. The first-order valence-electron chi connectivity index (χ1n) is 6.68. The highest BCUT2D eigenvalue weighted by molar-refractivity contribution is 7.15. The third kappa shape index (κ3) is 3.28. The Kier molecular flexibility index (Phi) is 4.28. The summed E-state index contributed by atoms with van der Waals surface area (Å²) in [5, 5.41) is 8.65. The Labute approximate surface area is 122 Å². The van der Waals surface area contributed by atoms with Crippen LogP contribution in [0.5, 0.6) is 0 Å². The number of hydrogen-bond acceptors (Lipinski definition) is 3. The Morgan fingerprint density at radius 2 is 2.15 bits per heavy atom. The molecule has 1 aliphatic carbocycles. The van der Waals surface area contributed by atoms with Crippen molar-refractivity contribution in [3.8, 4) is 0 Å². The number of aliphatic carboxylic acids is 1. The number of rotatable bonds is 5. The number of nitrogens with zero attached hydrogens (tertiary/aromatic N) is 1. The molecule has 1 heterocycles. The van der Waals surface area contributed by atoms with E-state index in [-0.39, 0.29) is 11.9 Å². The van der Waals surface area contributed by atoms with E-state index in [1.807, 2.05) is 20.0 Å². The van der Waals surface area contributed by atoms with Crippen LogP contribution in [-0.4, -0.2) is 35.0 Å². The van der Waals surface area contributed by atoms with Gasteiger partial charge in [-0.15, -0.1) is 11.3 Å². The van der Waals surface area contributed by atoms with Gasteiger partial charge < -0.3 is 10.0 Å². The largest absolute Gasteiger partial charge is 0.478 e. The van der Waals surface area contributed by atoms with E-state index >= 15 is 0 Å². The van der Waals surface area contributed by atoms with Crippen molar-refractivity contribution in [2.24, 2.45) is 5.92 Å². The maximum atomic E-state index is 12.4. The van der Waals surface area contributed by atoms with Crippen LogP contribution in [0.25, 0.3) is 6.08 Å². The van der Waals surface area contributed by atoms with Crippen molar-refractivity contribution in [1.29, 1.82) is 0 Å². The lowest BCUT2D eigenvalue weighted by atomic mass is 10.2. The molecule has 0 aliphatic heterocycles. The average Bonchev–Trinajstić information content (AvgIpc) is 3.18. The molecule has 0 bridgehead atoms. The number of carbonyl (C=O) groups excluding carboxylic acids is 1. The van der Waals surface area contributed by atoms with Crippen molar-refractivity contribution in [2.45, 2.75) is 32.7 Å². The lowest BCUT2D eigenvalue weighted by Gasteiger charge is -2.24. The monoisotopic (exact) mass is 293 g/mol. The molecule has 0 saturated heterocycles. The number of aryl methyl sites for hydroxylation is 1. The molecular weight excluding hydrogens is 274 g/mol. The van der Waals surface area contributed by atoms with Crippen LogP contribution in [0.15, 0.2) is 12.1 Å². The van der Waals surface area contributed by atoms with Crippen LogP contribution in [0.2, 0.25) is 0 Å². The van der Waals surface area contributed by atoms with E-state index in [1.54, 1.807) is 11.0 Å². The van der Waals surface area contributed by atoms with Gasteiger partial charge in [0.2, 0.25) is 0 Å². The van der Waals surface area contributed by atoms with E-state index < -0.39 is 5.97 Å². The van der Waals surface area contributed by atoms with Crippen LogP contribution < -0.4 is 0 Å². The molecule has 2 rings (SSSR count). The van der Waals surface area contributed by atoms with Crippen LogP contribution in [0, 0.1) is 12.8 Å². The molecule has 108 valence electrons. The molecule has 20 heavy (non-hydrogen) atoms. The molecule has 0 radical (unpaired) electrons. The minimum Gasteiger partial charge on any atom is -0.478 e. The van der Waals surface area contributed by atoms with Gasteiger partial charge in [-0.2, -0.15) is 0 Å². The maximum Gasteiger partial charge on any atom is 0.328 e. The molecule has 5 heteroatoms. The van der Waals surface area contributed by atoms with E-state index in [4.69, 9.17) is 5.11 Å². The maximum absolute atomic E-state index is 12.4. The van der Waals surface area contributed by atoms with Crippen LogP contribution in [-0.2, 0) is 4.79 Å². The summed E-state index contributed by atoms with van der Waals surface area (Å²) in [6.45, 7) is 3.97. The minimum absolute atomic E-state index is 0.0208. The van der Waals surface area contributed by atoms with Gasteiger partial charge in [0.1, 0.15) is 0 Å². The van der Waals surface area contributed by atoms with Gasteiger partial charge in [0.25, 0.3) is 5.91 Å². The molecule has 1 fully saturated rings. The number of carbonyl (C=O) groups is 2. The zero-order chi connectivity index (χ0) is 14.9. The lowest BCUT2D eigenvalue weighted by molar-refractivity contribution is -0.131. The van der Waals surface area contributed by atoms with Crippen LogP contribution in [0.3, 0.4) is 0 Å². The number of carboxylic acid groups (broad SMARTS) is 1. The first-order valence-corrected chi connectivity index (χ1v) is 7.50. The van der Waals surface area contributed by atoms with E-state index in [2.05, 4.69) is 6.92 Å². The molecule has 1 aromatic rings. The van der Waals surface area contributed by atoms with E-state index in [0.29, 0.717) is 10.8 Å². The predicted molar refractivity (Wildman–Crippen MR) is 80.0 cm³/mol. The van der Waals surface area contributed by atoms with Gasteiger partial charge in [0.15, 0.2) is 0 Å². The van der Waals surface area contributed by atoms with Crippen molar-refractivity contribution in [2.75, 3.05) is 7.05 Å². The van der Waals surface area contributed by atoms with Crippen LogP contribution in [0.1, 0.15) is 39.9 Å². The molecule has 4 nitrogen and oxygen atoms in total. The molecule has 1 unspecified atom stereocenters. The Bertz CT molecular complexity index is 557. The number of hydrogen-bond donors (Lipinski definition) is 1. The molecule has 1 aromatic heterocycles. The summed E-state index contributed by atoms with van der Waals surface area (Å²) in [7, 11) is 1.84. The lowest BCUT2D eigenvalue weighted by Crippen LogP contribution is -2.35. The second kappa shape index (κ2) is 5.79. The summed E-state index contributed by atoms with van der Waals surface area (Å²) < 4.78 is 0. The van der Waals surface area contributed by atoms with Crippen molar-refractivity contribution in [3.05, 3.63) is 27.5 Å². The Hall–Kier alpha value is -1.62. The van der Waals surface area contributed by atoms with Crippen LogP contribution >= 0.6 is 11.3 Å². The van der Waals surface area contributed by atoms with E-state index in [0.717, 1.165) is 16.5 Å². The second-order valence-corrected chi connectivity index (χ2v) is 6.41. The number of thiophene rings is 1. The second-order valence-electron chi connectivity index (χ2n) is 5.32. The summed E-state index contributed by atoms with van der Waals surface area (Å²) in [4.78, 5) is 26.3. The first-order chi connectivity index (χ1) is 9.40. The highest BCUT2D eigenvalue weighted by atomic mass is 32.1. The molecule has 1 amide bonds. The van der Waals surface area contributed by atoms with Crippen molar-refractivity contribution in [3.63, 3.8) is 0 Å². The van der Waals surface area contributed by atoms with Gasteiger partial charge >= 0.3 is 5.97 Å². The van der Waals surface area contributed by atoms with Crippen molar-refractivity contribution >= 4 is 29.3 Å². The van der Waals surface area contributed by atoms with E-state index in [9.17, 15) is 9.59 Å². The Balaban J connectivity index is 2.14. The third-order valence-corrected chi connectivity index (χ3v) is 4.97. The first kappa shape index (κ1) is 14.8. The van der Waals surface area contributed by atoms with Crippen molar-refractivity contribution < 1.29 is 14.7 Å². The SMILES string of the molecule is Cc1cc(C(=O)N(C)C(C)C2CC2)sc1/C=C/C(=O)O. The third-order valence-electron chi connectivity index (χ3n) is 3.78. The molecule has 1 aliphatic rings. The fourth-order valence-electron chi connectivity index (χ4n) is 2.17. The highest BCUT2D eigenvalue weighted by Gasteiger charge is 2.33. The van der Waals surface area contributed by atoms with Gasteiger partial charge in [0, 0.05) is 24.0 Å². The predicted octanol–water partition coefficient (Wildman–Crippen LogP) is 3.02. The summed E-state index contributed by atoms with van der Waals surface area (Å²) in [6.07, 6.45) is 5.05. The standard InChI is InChI=1S/C15H19NO3S/c1-9-8-13(20-12(9)6-7-14(17)18)15(19)16(3)10(2)11-4-5-11/h6-8,10-11H,4-5H2,1-3H3,(H,17,18)/b7-6+. The molecular formula is C15H19NO3S. The van der Waals surface area contributed by atoms with Gasteiger partial charge in [-0.25, -0.2) is 4.79 Å². The Morgan fingerprint density at radius 1 is 1.50 bits per heavy atom. The quantitative estimate of drug-likeness (QED) is 0.849. The van der Waals surface area contributed by atoms with Gasteiger partial charge in [-0.3, -0.25) is 4.79 Å². The van der Waals surface area contributed by atoms with Gasteiger partial charge in [-0.1, -0.05) is 0 Å². The summed E-state index contributed by atoms with van der Waals surface area (Å²) in [5.41, 5.74) is 0.934. The summed E-state index contributed by atoms with van der Waals surface area (Å²) >= 11 is 1.35. The normalized spacial score (nSPS) is 16.4. The van der Waals surface area contributed by atoms with Gasteiger partial charge in [0.05, 0.1) is 4.88 Å². The van der Waals surface area contributed by atoms with Gasteiger partial charge in [-0.05, 0) is 50.3 Å².